The summed E-state index contributed by atoms with van der Waals surface area (Å²) in [6.07, 6.45) is -0.939. The highest BCUT2D eigenvalue weighted by Gasteiger charge is 2.48. The molecular weight excluding hydrogens is 613 g/mol. The van der Waals surface area contributed by atoms with Crippen LogP contribution in [0.1, 0.15) is 74.5 Å². The van der Waals surface area contributed by atoms with Crippen LogP contribution in [0.3, 0.4) is 0 Å². The summed E-state index contributed by atoms with van der Waals surface area (Å²) in [5.74, 6) is -2.64. The van der Waals surface area contributed by atoms with Gasteiger partial charge in [0.2, 0.25) is 5.91 Å². The fourth-order valence-corrected chi connectivity index (χ4v) is 7.60. The number of likely N-dealkylation sites (tertiary alicyclic amines) is 3. The summed E-state index contributed by atoms with van der Waals surface area (Å²) in [5.41, 5.74) is 2.84. The van der Waals surface area contributed by atoms with Crippen LogP contribution < -0.4 is 5.32 Å². The topological polar surface area (TPSA) is 94.6 Å². The van der Waals surface area contributed by atoms with Crippen molar-refractivity contribution in [3.05, 3.63) is 65.2 Å². The van der Waals surface area contributed by atoms with Crippen molar-refractivity contribution in [2.45, 2.75) is 88.8 Å². The number of hydrogen-bond acceptors (Lipinski definition) is 7. The van der Waals surface area contributed by atoms with E-state index in [1.54, 1.807) is 18.2 Å². The number of amides is 2. The quantitative estimate of drug-likeness (QED) is 0.391. The van der Waals surface area contributed by atoms with Crippen LogP contribution in [0.15, 0.2) is 48.5 Å². The Balaban J connectivity index is 1.20. The Kier molecular flexibility index (Phi) is 10.5. The van der Waals surface area contributed by atoms with Gasteiger partial charge < -0.3 is 29.7 Å². The number of nitrogens with one attached hydrogen (secondary N) is 1. The fraction of sp³-hybridized carbons (Fsp3) is 0.600. The number of nitrogens with zero attached hydrogens (tertiary/aromatic N) is 3. The third-order valence-corrected chi connectivity index (χ3v) is 10.2. The van der Waals surface area contributed by atoms with Crippen molar-refractivity contribution in [3.63, 3.8) is 0 Å². The second-order valence-electron chi connectivity index (χ2n) is 13.4. The molecule has 2 aromatic carbocycles. The maximum atomic E-state index is 13.1. The normalized spacial score (nSPS) is 29.0. The minimum Gasteiger partial charge on any atom is -0.392 e. The molecule has 256 valence electrons. The first-order chi connectivity index (χ1) is 22.6. The van der Waals surface area contributed by atoms with E-state index in [1.165, 1.54) is 12.8 Å². The van der Waals surface area contributed by atoms with Gasteiger partial charge in [0.25, 0.3) is 0 Å². The molecule has 0 unspecified atom stereocenters. The number of hydrogen-bond donors (Lipinski definition) is 2. The fourth-order valence-electron chi connectivity index (χ4n) is 7.60. The molecule has 4 fully saturated rings. The number of alkyl halides is 3. The number of aliphatic hydroxyl groups excluding tert-OH is 1. The summed E-state index contributed by atoms with van der Waals surface area (Å²) in [4.78, 5) is 30.8. The molecule has 47 heavy (non-hydrogen) atoms. The molecule has 0 aromatic heterocycles. The van der Waals surface area contributed by atoms with E-state index in [2.05, 4.69) is 22.0 Å². The zero-order valence-corrected chi connectivity index (χ0v) is 26.8. The Morgan fingerprint density at radius 3 is 2.38 bits per heavy atom. The third kappa shape index (κ3) is 7.83. The predicted molar refractivity (Wildman–Crippen MR) is 169 cm³/mol. The molecule has 2 N–H and O–H groups in total. The van der Waals surface area contributed by atoms with Gasteiger partial charge in [0.15, 0.2) is 6.29 Å². The lowest BCUT2D eigenvalue weighted by Gasteiger charge is -2.43. The summed E-state index contributed by atoms with van der Waals surface area (Å²) >= 11 is 0. The SMILES string of the molecule is C[C@H]1[C@@H](CN2CCC[C@H]2CN2CCCC2)O[C@@H](c2cccc(NC(=O)[C@@H]3CCCN3C(=O)C(F)(F)F)c2)O[C@H]1c1ccc(CO)cc1. The van der Waals surface area contributed by atoms with Crippen LogP contribution in [0.25, 0.3) is 0 Å². The Morgan fingerprint density at radius 1 is 0.915 bits per heavy atom. The van der Waals surface area contributed by atoms with Crippen LogP contribution >= 0.6 is 0 Å². The lowest BCUT2D eigenvalue weighted by Crippen LogP contribution is -2.48. The molecule has 12 heteroatoms. The number of halogens is 3. The second-order valence-corrected chi connectivity index (χ2v) is 13.4. The van der Waals surface area contributed by atoms with Crippen molar-refractivity contribution < 1.29 is 37.3 Å². The smallest absolute Gasteiger partial charge is 0.392 e. The largest absolute Gasteiger partial charge is 0.471 e. The van der Waals surface area contributed by atoms with Crippen LogP contribution in [0.5, 0.6) is 0 Å². The zero-order valence-electron chi connectivity index (χ0n) is 26.8. The molecule has 2 aromatic rings. The standard InChI is InChI=1S/C35H45F3N4O5/c1-23-30(21-41-17-5-9-28(41)20-40-15-2-3-16-40)46-33(47-31(23)25-13-11-24(22-43)12-14-25)26-7-4-8-27(19-26)39-32(44)29-10-6-18-42(29)34(45)35(36,37)38/h4,7-8,11-14,19,23,28-31,33,43H,2-3,5-6,9-10,15-18,20-22H2,1H3,(H,39,44)/t23-,28-,29-,30+,31+,33+/m0/s1. The lowest BCUT2D eigenvalue weighted by molar-refractivity contribution is -0.276. The molecule has 9 nitrogen and oxygen atoms in total. The highest BCUT2D eigenvalue weighted by atomic mass is 19.4. The Morgan fingerprint density at radius 2 is 1.66 bits per heavy atom. The molecule has 4 heterocycles. The summed E-state index contributed by atoms with van der Waals surface area (Å²) in [6.45, 7) is 7.14. The highest BCUT2D eigenvalue weighted by Crippen LogP contribution is 2.43. The molecule has 0 saturated carbocycles. The van der Waals surface area contributed by atoms with Crippen LogP contribution in [0.2, 0.25) is 0 Å². The number of anilines is 1. The minimum absolute atomic E-state index is 0.0154. The molecule has 4 aliphatic rings. The van der Waals surface area contributed by atoms with Crippen LogP contribution in [0, 0.1) is 5.92 Å². The van der Waals surface area contributed by atoms with E-state index in [9.17, 15) is 27.9 Å². The van der Waals surface area contributed by atoms with E-state index < -0.39 is 30.3 Å². The van der Waals surface area contributed by atoms with Crippen LogP contribution in [-0.2, 0) is 25.7 Å². The first-order valence-corrected chi connectivity index (χ1v) is 16.9. The van der Waals surface area contributed by atoms with Crippen LogP contribution in [-0.4, -0.2) is 95.3 Å². The summed E-state index contributed by atoms with van der Waals surface area (Å²) in [5, 5.41) is 12.3. The molecule has 4 saturated heterocycles. The van der Waals surface area contributed by atoms with Gasteiger partial charge in [0, 0.05) is 42.8 Å². The van der Waals surface area contributed by atoms with Gasteiger partial charge in [0.05, 0.1) is 18.8 Å². The van der Waals surface area contributed by atoms with Gasteiger partial charge in [-0.25, -0.2) is 0 Å². The lowest BCUT2D eigenvalue weighted by atomic mass is 9.90. The van der Waals surface area contributed by atoms with Gasteiger partial charge in [-0.3, -0.25) is 14.5 Å². The van der Waals surface area contributed by atoms with Gasteiger partial charge in [-0.15, -0.1) is 0 Å². The van der Waals surface area contributed by atoms with E-state index in [4.69, 9.17) is 9.47 Å². The number of benzene rings is 2. The van der Waals surface area contributed by atoms with E-state index in [-0.39, 0.29) is 37.7 Å². The zero-order chi connectivity index (χ0) is 33.1. The summed E-state index contributed by atoms with van der Waals surface area (Å²) in [7, 11) is 0. The molecule has 0 radical (unpaired) electrons. The van der Waals surface area contributed by atoms with Gasteiger partial charge in [-0.05, 0) is 81.4 Å². The average Bonchev–Trinajstić information content (AvgIpc) is 3.85. The van der Waals surface area contributed by atoms with Crippen molar-refractivity contribution >= 4 is 17.5 Å². The first-order valence-electron chi connectivity index (χ1n) is 16.9. The molecule has 0 aliphatic carbocycles. The highest BCUT2D eigenvalue weighted by molar-refractivity contribution is 5.98. The number of ether oxygens (including phenoxy) is 2. The molecule has 0 spiro atoms. The van der Waals surface area contributed by atoms with E-state index in [0.717, 1.165) is 56.7 Å². The number of rotatable bonds is 9. The van der Waals surface area contributed by atoms with Crippen molar-refractivity contribution in [1.29, 1.82) is 0 Å². The maximum Gasteiger partial charge on any atom is 0.471 e. The van der Waals surface area contributed by atoms with Crippen LogP contribution in [0.4, 0.5) is 18.9 Å². The average molecular weight is 659 g/mol. The molecule has 6 rings (SSSR count). The molecule has 4 aliphatic heterocycles. The van der Waals surface area contributed by atoms with E-state index >= 15 is 0 Å². The second kappa shape index (κ2) is 14.6. The van der Waals surface area contributed by atoms with Crippen molar-refractivity contribution in [3.8, 4) is 0 Å². The monoisotopic (exact) mass is 658 g/mol. The molecule has 2 amide bonds. The molecular formula is C35H45F3N4O5. The minimum atomic E-state index is -5.04. The number of carbonyl (C=O) groups excluding carboxylic acids is 2. The van der Waals surface area contributed by atoms with Crippen molar-refractivity contribution in [2.24, 2.45) is 5.92 Å². The Bertz CT molecular complexity index is 1390. The third-order valence-electron chi connectivity index (χ3n) is 10.2. The van der Waals surface area contributed by atoms with Crippen molar-refractivity contribution in [2.75, 3.05) is 44.6 Å². The summed E-state index contributed by atoms with van der Waals surface area (Å²) < 4.78 is 52.8. The van der Waals surface area contributed by atoms with E-state index in [1.807, 2.05) is 30.3 Å². The number of aliphatic hydroxyl groups is 1. The molecule has 6 atom stereocenters. The van der Waals surface area contributed by atoms with Crippen molar-refractivity contribution in [1.82, 2.24) is 14.7 Å². The summed E-state index contributed by atoms with van der Waals surface area (Å²) in [6, 6.07) is 14.0. The molecule has 0 bridgehead atoms. The first kappa shape index (κ1) is 33.9. The Labute approximate surface area is 274 Å². The Hall–Kier alpha value is -3.03. The number of carbonyl (C=O) groups is 2. The van der Waals surface area contributed by atoms with Gasteiger partial charge in [0.1, 0.15) is 6.04 Å². The maximum absolute atomic E-state index is 13.1. The van der Waals surface area contributed by atoms with E-state index in [0.29, 0.717) is 28.6 Å². The van der Waals surface area contributed by atoms with Gasteiger partial charge in [-0.1, -0.05) is 43.3 Å². The van der Waals surface area contributed by atoms with Gasteiger partial charge >= 0.3 is 12.1 Å². The van der Waals surface area contributed by atoms with Gasteiger partial charge in [-0.2, -0.15) is 13.2 Å². The predicted octanol–water partition coefficient (Wildman–Crippen LogP) is 5.02.